The summed E-state index contributed by atoms with van der Waals surface area (Å²) in [6.45, 7) is 0. The van der Waals surface area contributed by atoms with Crippen LogP contribution in [0.3, 0.4) is 0 Å². The number of ether oxygens (including phenoxy) is 2. The smallest absolute Gasteiger partial charge is 0.202 e. The van der Waals surface area contributed by atoms with E-state index in [4.69, 9.17) is 32.7 Å². The Morgan fingerprint density at radius 1 is 1.00 bits per heavy atom. The Kier molecular flexibility index (Phi) is 6.28. The number of rotatable bonds is 6. The average molecular weight is 385 g/mol. The van der Waals surface area contributed by atoms with E-state index in [1.165, 1.54) is 32.4 Å². The number of aromatic hydroxyl groups is 3. The second-order valence-electron chi connectivity index (χ2n) is 5.31. The highest BCUT2D eigenvalue weighted by Gasteiger charge is 2.11. The maximum atomic E-state index is 9.95. The van der Waals surface area contributed by atoms with Crippen LogP contribution >= 0.6 is 23.2 Å². The van der Waals surface area contributed by atoms with E-state index in [2.05, 4.69) is 0 Å². The number of methoxy groups -OCH3 is 2. The highest BCUT2D eigenvalue weighted by atomic mass is 35.5. The topological polar surface area (TPSA) is 79.2 Å². The first-order chi connectivity index (χ1) is 11.8. The van der Waals surface area contributed by atoms with E-state index in [1.54, 1.807) is 12.1 Å². The first-order valence-electron chi connectivity index (χ1n) is 7.34. The number of hydrogen-bond acceptors (Lipinski definition) is 5. The Hall–Kier alpha value is -2.24. The molecule has 0 aliphatic heterocycles. The first-order valence-corrected chi connectivity index (χ1v) is 8.10. The molecule has 0 atom stereocenters. The molecule has 0 aliphatic rings. The van der Waals surface area contributed by atoms with Gasteiger partial charge in [-0.3, -0.25) is 0 Å². The minimum Gasteiger partial charge on any atom is -0.508 e. The largest absolute Gasteiger partial charge is 0.508 e. The normalized spacial score (nSPS) is 11.4. The molecule has 134 valence electrons. The van der Waals surface area contributed by atoms with Crippen LogP contribution < -0.4 is 9.47 Å². The SMILES string of the molecule is COc1cc(C/C=C(/Cl)Cc2cc(O)c(OC)c(O)c2)c(O)cc1Cl. The molecule has 0 saturated heterocycles. The number of allylic oxidation sites excluding steroid dienone is 2. The molecule has 0 heterocycles. The van der Waals surface area contributed by atoms with Gasteiger partial charge in [-0.15, -0.1) is 0 Å². The lowest BCUT2D eigenvalue weighted by molar-refractivity contribution is 0.344. The van der Waals surface area contributed by atoms with E-state index in [0.29, 0.717) is 39.8 Å². The number of halogens is 2. The van der Waals surface area contributed by atoms with Crippen molar-refractivity contribution in [2.24, 2.45) is 0 Å². The van der Waals surface area contributed by atoms with Crippen molar-refractivity contribution in [3.8, 4) is 28.7 Å². The molecule has 0 radical (unpaired) electrons. The summed E-state index contributed by atoms with van der Waals surface area (Å²) in [5.41, 5.74) is 1.23. The second kappa shape index (κ2) is 8.23. The summed E-state index contributed by atoms with van der Waals surface area (Å²) in [5, 5.41) is 30.4. The van der Waals surface area contributed by atoms with E-state index in [9.17, 15) is 15.3 Å². The summed E-state index contributed by atoms with van der Waals surface area (Å²) in [6, 6.07) is 6.00. The highest BCUT2D eigenvalue weighted by molar-refractivity contribution is 6.32. The van der Waals surface area contributed by atoms with Crippen LogP contribution in [0.1, 0.15) is 11.1 Å². The minimum absolute atomic E-state index is 0.0158. The molecule has 0 aliphatic carbocycles. The van der Waals surface area contributed by atoms with Crippen molar-refractivity contribution in [2.75, 3.05) is 14.2 Å². The van der Waals surface area contributed by atoms with Gasteiger partial charge in [0.2, 0.25) is 5.75 Å². The number of hydrogen-bond donors (Lipinski definition) is 3. The van der Waals surface area contributed by atoms with Crippen LogP contribution in [0.2, 0.25) is 5.02 Å². The molecular formula is C18H18Cl2O5. The fourth-order valence-corrected chi connectivity index (χ4v) is 2.83. The molecule has 0 aromatic heterocycles. The predicted octanol–water partition coefficient (Wildman–Crippen LogP) is 4.38. The van der Waals surface area contributed by atoms with Crippen LogP contribution in [-0.2, 0) is 12.8 Å². The first kappa shape index (κ1) is 19.1. The highest BCUT2D eigenvalue weighted by Crippen LogP contribution is 2.37. The van der Waals surface area contributed by atoms with E-state index in [-0.39, 0.29) is 23.0 Å². The van der Waals surface area contributed by atoms with Crippen molar-refractivity contribution in [1.82, 2.24) is 0 Å². The number of phenolic OH excluding ortho intramolecular Hbond substituents is 3. The van der Waals surface area contributed by atoms with Gasteiger partial charge in [-0.1, -0.05) is 29.3 Å². The Bertz CT molecular complexity index is 779. The minimum atomic E-state index is -0.165. The van der Waals surface area contributed by atoms with Crippen LogP contribution in [0.5, 0.6) is 28.7 Å². The molecule has 0 amide bonds. The third-order valence-electron chi connectivity index (χ3n) is 3.58. The summed E-state index contributed by atoms with van der Waals surface area (Å²) in [5.74, 6) is 0.196. The molecule has 2 aromatic rings. The molecule has 0 saturated carbocycles. The zero-order chi connectivity index (χ0) is 18.6. The van der Waals surface area contributed by atoms with Gasteiger partial charge in [-0.05, 0) is 30.2 Å². The molecule has 0 bridgehead atoms. The van der Waals surface area contributed by atoms with Gasteiger partial charge in [-0.2, -0.15) is 0 Å². The summed E-state index contributed by atoms with van der Waals surface area (Å²) in [4.78, 5) is 0. The quantitative estimate of drug-likeness (QED) is 0.688. The van der Waals surface area contributed by atoms with Crippen molar-refractivity contribution >= 4 is 23.2 Å². The number of benzene rings is 2. The van der Waals surface area contributed by atoms with Crippen molar-refractivity contribution in [3.63, 3.8) is 0 Å². The Balaban J connectivity index is 2.15. The van der Waals surface area contributed by atoms with Crippen LogP contribution in [0, 0.1) is 0 Å². The van der Waals surface area contributed by atoms with Gasteiger partial charge in [0, 0.05) is 23.1 Å². The fourth-order valence-electron chi connectivity index (χ4n) is 2.36. The average Bonchev–Trinajstić information content (AvgIpc) is 2.54. The zero-order valence-electron chi connectivity index (χ0n) is 13.7. The molecule has 5 nitrogen and oxygen atoms in total. The summed E-state index contributed by atoms with van der Waals surface area (Å²) in [6.07, 6.45) is 2.40. The summed E-state index contributed by atoms with van der Waals surface area (Å²) in [7, 11) is 2.85. The van der Waals surface area contributed by atoms with Crippen molar-refractivity contribution in [3.05, 3.63) is 51.5 Å². The third-order valence-corrected chi connectivity index (χ3v) is 4.17. The van der Waals surface area contributed by atoms with Gasteiger partial charge >= 0.3 is 0 Å². The van der Waals surface area contributed by atoms with Gasteiger partial charge in [-0.25, -0.2) is 0 Å². The van der Waals surface area contributed by atoms with Crippen molar-refractivity contribution in [1.29, 1.82) is 0 Å². The van der Waals surface area contributed by atoms with E-state index < -0.39 is 0 Å². The third kappa shape index (κ3) is 4.65. The fraction of sp³-hybridized carbons (Fsp3) is 0.222. The molecule has 2 rings (SSSR count). The Morgan fingerprint density at radius 3 is 2.20 bits per heavy atom. The Labute approximate surface area is 155 Å². The van der Waals surface area contributed by atoms with Gasteiger partial charge in [0.05, 0.1) is 19.2 Å². The lowest BCUT2D eigenvalue weighted by atomic mass is 10.1. The number of phenols is 3. The molecule has 7 heteroatoms. The Morgan fingerprint density at radius 2 is 1.64 bits per heavy atom. The second-order valence-corrected chi connectivity index (χ2v) is 6.21. The van der Waals surface area contributed by atoms with Gasteiger partial charge in [0.1, 0.15) is 11.5 Å². The van der Waals surface area contributed by atoms with Gasteiger partial charge in [0.15, 0.2) is 11.5 Å². The molecule has 0 unspecified atom stereocenters. The summed E-state index contributed by atoms with van der Waals surface area (Å²) < 4.78 is 10.0. The summed E-state index contributed by atoms with van der Waals surface area (Å²) >= 11 is 12.2. The monoisotopic (exact) mass is 384 g/mol. The van der Waals surface area contributed by atoms with E-state index in [0.717, 1.165) is 0 Å². The van der Waals surface area contributed by atoms with Crippen molar-refractivity contribution in [2.45, 2.75) is 12.8 Å². The van der Waals surface area contributed by atoms with E-state index >= 15 is 0 Å². The van der Waals surface area contributed by atoms with Crippen LogP contribution in [-0.4, -0.2) is 29.5 Å². The predicted molar refractivity (Wildman–Crippen MR) is 97.3 cm³/mol. The molecular weight excluding hydrogens is 367 g/mol. The van der Waals surface area contributed by atoms with Crippen LogP contribution in [0.15, 0.2) is 35.4 Å². The maximum absolute atomic E-state index is 9.95. The van der Waals surface area contributed by atoms with E-state index in [1.807, 2.05) is 0 Å². The zero-order valence-corrected chi connectivity index (χ0v) is 15.2. The molecule has 2 aromatic carbocycles. The van der Waals surface area contributed by atoms with Gasteiger partial charge < -0.3 is 24.8 Å². The van der Waals surface area contributed by atoms with Crippen molar-refractivity contribution < 1.29 is 24.8 Å². The molecule has 25 heavy (non-hydrogen) atoms. The lowest BCUT2D eigenvalue weighted by Gasteiger charge is -2.09. The molecule has 3 N–H and O–H groups in total. The maximum Gasteiger partial charge on any atom is 0.202 e. The molecule has 0 fully saturated rings. The standard InChI is InChI=1S/C18H18Cl2O5/c1-24-17-8-11(14(21)9-13(17)20)3-4-12(19)5-10-6-15(22)18(25-2)16(23)7-10/h4,6-9,21-23H,3,5H2,1-2H3/b12-4+. The van der Waals surface area contributed by atoms with Crippen LogP contribution in [0.25, 0.3) is 0 Å². The molecule has 0 spiro atoms. The lowest BCUT2D eigenvalue weighted by Crippen LogP contribution is -1.92. The van der Waals surface area contributed by atoms with Gasteiger partial charge in [0.25, 0.3) is 0 Å². The van der Waals surface area contributed by atoms with Crippen LogP contribution in [0.4, 0.5) is 0 Å².